The van der Waals surface area contributed by atoms with Gasteiger partial charge in [-0.2, -0.15) is 13.2 Å². The van der Waals surface area contributed by atoms with E-state index in [1.54, 1.807) is 12.1 Å². The van der Waals surface area contributed by atoms with Gasteiger partial charge in [0.05, 0.1) is 12.6 Å². The van der Waals surface area contributed by atoms with Crippen LogP contribution in [0.3, 0.4) is 0 Å². The van der Waals surface area contributed by atoms with Gasteiger partial charge in [0.25, 0.3) is 0 Å². The molecular weight excluding hydrogens is 373 g/mol. The summed E-state index contributed by atoms with van der Waals surface area (Å²) < 4.78 is 47.7. The lowest BCUT2D eigenvalue weighted by atomic mass is 10.1. The number of halogens is 3. The van der Waals surface area contributed by atoms with Gasteiger partial charge in [0.15, 0.2) is 6.61 Å². The summed E-state index contributed by atoms with van der Waals surface area (Å²) in [5.41, 5.74) is 0.812. The van der Waals surface area contributed by atoms with E-state index < -0.39 is 12.8 Å². The number of hydrogen-bond acceptors (Lipinski definition) is 4. The number of ether oxygens (including phenoxy) is 2. The number of amides is 1. The summed E-state index contributed by atoms with van der Waals surface area (Å²) in [5.74, 6) is 0.276. The van der Waals surface area contributed by atoms with E-state index in [4.69, 9.17) is 9.47 Å². The van der Waals surface area contributed by atoms with E-state index in [0.29, 0.717) is 13.1 Å². The minimum Gasteiger partial charge on any atom is -0.484 e. The Kier molecular flexibility index (Phi) is 7.18. The highest BCUT2D eigenvalue weighted by Gasteiger charge is 2.28. The van der Waals surface area contributed by atoms with Crippen LogP contribution in [-0.2, 0) is 16.1 Å². The predicted octanol–water partition coefficient (Wildman–Crippen LogP) is 3.23. The predicted molar refractivity (Wildman–Crippen MR) is 98.1 cm³/mol. The average Bonchev–Trinajstić information content (AvgIpc) is 3.33. The SMILES string of the molecule is O=C(CN(Cc1cccc(OCC(F)(F)F)c1)C[C@@H]1CCCO1)N1CCCC1. The quantitative estimate of drug-likeness (QED) is 0.672. The monoisotopic (exact) mass is 400 g/mol. The summed E-state index contributed by atoms with van der Waals surface area (Å²) in [6.07, 6.45) is -0.227. The molecule has 8 heteroatoms. The Morgan fingerprint density at radius 1 is 1.25 bits per heavy atom. The van der Waals surface area contributed by atoms with E-state index in [1.807, 2.05) is 15.9 Å². The smallest absolute Gasteiger partial charge is 0.422 e. The van der Waals surface area contributed by atoms with Crippen LogP contribution in [0, 0.1) is 0 Å². The minimum atomic E-state index is -4.37. The van der Waals surface area contributed by atoms with Crippen LogP contribution in [0.15, 0.2) is 24.3 Å². The third kappa shape index (κ3) is 6.67. The van der Waals surface area contributed by atoms with Crippen LogP contribution in [0.4, 0.5) is 13.2 Å². The molecule has 2 aliphatic heterocycles. The van der Waals surface area contributed by atoms with Crippen molar-refractivity contribution in [3.8, 4) is 5.75 Å². The Balaban J connectivity index is 1.63. The molecule has 0 unspecified atom stereocenters. The molecule has 3 rings (SSSR count). The summed E-state index contributed by atoms with van der Waals surface area (Å²) in [4.78, 5) is 16.5. The Morgan fingerprint density at radius 3 is 2.71 bits per heavy atom. The summed E-state index contributed by atoms with van der Waals surface area (Å²) in [6, 6.07) is 6.63. The molecule has 28 heavy (non-hydrogen) atoms. The molecule has 2 aliphatic rings. The van der Waals surface area contributed by atoms with Crippen molar-refractivity contribution in [3.05, 3.63) is 29.8 Å². The summed E-state index contributed by atoms with van der Waals surface area (Å²) in [5, 5.41) is 0. The maximum atomic E-state index is 12.6. The second kappa shape index (κ2) is 9.60. The molecule has 1 aromatic rings. The van der Waals surface area contributed by atoms with Gasteiger partial charge in [-0.3, -0.25) is 9.69 Å². The van der Waals surface area contributed by atoms with Crippen molar-refractivity contribution >= 4 is 5.91 Å². The van der Waals surface area contributed by atoms with Crippen molar-refractivity contribution in [2.24, 2.45) is 0 Å². The van der Waals surface area contributed by atoms with Crippen molar-refractivity contribution in [2.45, 2.75) is 44.5 Å². The molecule has 1 atom stereocenters. The third-order valence-corrected chi connectivity index (χ3v) is 5.01. The average molecular weight is 400 g/mol. The first-order valence-corrected chi connectivity index (χ1v) is 9.79. The van der Waals surface area contributed by atoms with Crippen LogP contribution in [-0.4, -0.2) is 67.4 Å². The maximum absolute atomic E-state index is 12.6. The number of rotatable bonds is 8. The first-order chi connectivity index (χ1) is 13.4. The number of alkyl halides is 3. The topological polar surface area (TPSA) is 42.0 Å². The van der Waals surface area contributed by atoms with Crippen molar-refractivity contribution < 1.29 is 27.4 Å². The fourth-order valence-electron chi connectivity index (χ4n) is 3.68. The number of benzene rings is 1. The molecule has 0 spiro atoms. The Hall–Kier alpha value is -1.80. The van der Waals surface area contributed by atoms with Gasteiger partial charge in [-0.25, -0.2) is 0 Å². The maximum Gasteiger partial charge on any atom is 0.422 e. The zero-order valence-corrected chi connectivity index (χ0v) is 15.9. The highest BCUT2D eigenvalue weighted by Crippen LogP contribution is 2.21. The molecule has 1 aromatic carbocycles. The third-order valence-electron chi connectivity index (χ3n) is 5.01. The Bertz CT molecular complexity index is 642. The molecule has 0 aromatic heterocycles. The van der Waals surface area contributed by atoms with Gasteiger partial charge in [0.1, 0.15) is 5.75 Å². The minimum absolute atomic E-state index is 0.0936. The number of carbonyl (C=O) groups excluding carboxylic acids is 1. The molecule has 156 valence electrons. The fraction of sp³-hybridized carbons (Fsp3) is 0.650. The summed E-state index contributed by atoms with van der Waals surface area (Å²) in [7, 11) is 0. The largest absolute Gasteiger partial charge is 0.484 e. The molecule has 2 heterocycles. The molecule has 0 radical (unpaired) electrons. The Labute approximate surface area is 163 Å². The molecule has 2 saturated heterocycles. The number of carbonyl (C=O) groups is 1. The number of likely N-dealkylation sites (tertiary alicyclic amines) is 1. The van der Waals surface area contributed by atoms with Gasteiger partial charge in [-0.15, -0.1) is 0 Å². The highest BCUT2D eigenvalue weighted by atomic mass is 19.4. The molecule has 2 fully saturated rings. The normalized spacial score (nSPS) is 20.1. The van der Waals surface area contributed by atoms with Gasteiger partial charge < -0.3 is 14.4 Å². The van der Waals surface area contributed by atoms with E-state index >= 15 is 0 Å². The van der Waals surface area contributed by atoms with Crippen LogP contribution < -0.4 is 4.74 Å². The van der Waals surface area contributed by atoms with Crippen LogP contribution in [0.25, 0.3) is 0 Å². The number of hydrogen-bond donors (Lipinski definition) is 0. The van der Waals surface area contributed by atoms with Gasteiger partial charge in [0.2, 0.25) is 5.91 Å². The lowest BCUT2D eigenvalue weighted by Gasteiger charge is -2.27. The summed E-state index contributed by atoms with van der Waals surface area (Å²) >= 11 is 0. The van der Waals surface area contributed by atoms with Crippen molar-refractivity contribution in [2.75, 3.05) is 39.4 Å². The van der Waals surface area contributed by atoms with Crippen LogP contribution in [0.5, 0.6) is 5.75 Å². The first kappa shape index (κ1) is 20.9. The van der Waals surface area contributed by atoms with E-state index in [1.165, 1.54) is 6.07 Å². The van der Waals surface area contributed by atoms with Gasteiger partial charge in [-0.1, -0.05) is 12.1 Å². The van der Waals surface area contributed by atoms with Gasteiger partial charge >= 0.3 is 6.18 Å². The van der Waals surface area contributed by atoms with Crippen LogP contribution >= 0.6 is 0 Å². The van der Waals surface area contributed by atoms with Crippen LogP contribution in [0.1, 0.15) is 31.2 Å². The van der Waals surface area contributed by atoms with E-state index in [2.05, 4.69) is 0 Å². The molecule has 0 N–H and O–H groups in total. The molecule has 0 bridgehead atoms. The summed E-state index contributed by atoms with van der Waals surface area (Å²) in [6.45, 7) is 2.40. The van der Waals surface area contributed by atoms with Gasteiger partial charge in [-0.05, 0) is 43.4 Å². The second-order valence-electron chi connectivity index (χ2n) is 7.44. The van der Waals surface area contributed by atoms with Crippen molar-refractivity contribution in [1.29, 1.82) is 0 Å². The van der Waals surface area contributed by atoms with E-state index in [0.717, 1.165) is 50.9 Å². The zero-order valence-electron chi connectivity index (χ0n) is 15.9. The van der Waals surface area contributed by atoms with E-state index in [-0.39, 0.29) is 24.3 Å². The van der Waals surface area contributed by atoms with Gasteiger partial charge in [0, 0.05) is 32.8 Å². The first-order valence-electron chi connectivity index (χ1n) is 9.79. The van der Waals surface area contributed by atoms with Crippen molar-refractivity contribution in [3.63, 3.8) is 0 Å². The zero-order chi connectivity index (χ0) is 20.0. The Morgan fingerprint density at radius 2 is 2.04 bits per heavy atom. The lowest BCUT2D eigenvalue weighted by Crippen LogP contribution is -2.41. The fourth-order valence-corrected chi connectivity index (χ4v) is 3.68. The van der Waals surface area contributed by atoms with E-state index in [9.17, 15) is 18.0 Å². The molecule has 5 nitrogen and oxygen atoms in total. The highest BCUT2D eigenvalue weighted by molar-refractivity contribution is 5.78. The standard InChI is InChI=1S/C20H27F3N2O3/c21-20(22,23)15-28-17-6-3-5-16(11-17)12-24(13-18-7-4-10-27-18)14-19(26)25-8-1-2-9-25/h3,5-6,11,18H,1-2,4,7-10,12-15H2/t18-/m0/s1. The molecule has 1 amide bonds. The van der Waals surface area contributed by atoms with Crippen LogP contribution in [0.2, 0.25) is 0 Å². The van der Waals surface area contributed by atoms with Crippen molar-refractivity contribution in [1.82, 2.24) is 9.80 Å². The molecular formula is C20H27F3N2O3. The second-order valence-corrected chi connectivity index (χ2v) is 7.44. The molecule has 0 saturated carbocycles. The number of nitrogens with zero attached hydrogens (tertiary/aromatic N) is 2. The molecule has 0 aliphatic carbocycles. The lowest BCUT2D eigenvalue weighted by molar-refractivity contribution is -0.153.